The Morgan fingerprint density at radius 1 is 1.00 bits per heavy atom. The Hall–Kier alpha value is -0.770. The normalized spacial score (nSPS) is 10.9. The van der Waals surface area contributed by atoms with Crippen LogP contribution in [0.4, 0.5) is 0 Å². The van der Waals surface area contributed by atoms with Crippen LogP contribution in [0.1, 0.15) is 51.9 Å². The molecule has 0 amide bonds. The number of hydrogen-bond acceptors (Lipinski definition) is 4. The number of unbranched alkanes of at least 4 members (excludes halogenated alkanes) is 6. The van der Waals surface area contributed by atoms with E-state index < -0.39 is 15.9 Å². The monoisotopic (exact) mass is 306 g/mol. The van der Waals surface area contributed by atoms with Crippen LogP contribution in [0.5, 0.6) is 0 Å². The van der Waals surface area contributed by atoms with E-state index in [0.717, 1.165) is 12.8 Å². The van der Waals surface area contributed by atoms with E-state index in [4.69, 9.17) is 14.0 Å². The third-order valence-corrected chi connectivity index (χ3v) is 3.30. The zero-order valence-electron chi connectivity index (χ0n) is 12.3. The molecule has 0 aromatic rings. The lowest BCUT2D eigenvalue weighted by molar-refractivity contribution is 0.100. The summed E-state index contributed by atoms with van der Waals surface area (Å²) in [7, 11) is -3.93. The Labute approximate surface area is 122 Å². The zero-order valence-corrected chi connectivity index (χ0v) is 13.1. The van der Waals surface area contributed by atoms with E-state index in [2.05, 4.69) is 19.0 Å². The Kier molecular flexibility index (Phi) is 12.7. The average Bonchev–Trinajstić information content (AvgIpc) is 2.38. The van der Waals surface area contributed by atoms with Crippen molar-refractivity contribution in [2.24, 2.45) is 0 Å². The molecule has 0 aliphatic rings. The number of hydrogen-bond donors (Lipinski definition) is 1. The van der Waals surface area contributed by atoms with E-state index in [1.54, 1.807) is 0 Å². The first-order chi connectivity index (χ1) is 9.56. The minimum atomic E-state index is -3.93. The van der Waals surface area contributed by atoms with Gasteiger partial charge in [0, 0.05) is 6.42 Å². The second-order valence-corrected chi connectivity index (χ2v) is 6.12. The second-order valence-electron chi connectivity index (χ2n) is 4.54. The lowest BCUT2D eigenvalue weighted by Crippen LogP contribution is -2.12. The fraction of sp³-hybridized carbons (Fsp3) is 0.857. The molecule has 20 heavy (non-hydrogen) atoms. The molecule has 0 radical (unpaired) electrons. The van der Waals surface area contributed by atoms with Gasteiger partial charge < -0.3 is 9.47 Å². The summed E-state index contributed by atoms with van der Waals surface area (Å²) in [5.41, 5.74) is 0. The molecule has 0 saturated carbocycles. The van der Waals surface area contributed by atoms with E-state index in [1.165, 1.54) is 32.1 Å². The molecular formula is C14H26O5S. The molecule has 0 fully saturated rings. The standard InChI is InChI=1S/C14H26O5S/c1-2-3-4-5-6-7-8-9-10-18-11-12-19-13-14-20(15,16)17/h2-8,11-14H2,1H3,(H,15,16,17). The van der Waals surface area contributed by atoms with Gasteiger partial charge in [-0.1, -0.05) is 44.9 Å². The molecule has 1 N–H and O–H groups in total. The quantitative estimate of drug-likeness (QED) is 0.341. The van der Waals surface area contributed by atoms with Crippen LogP contribution in [0.25, 0.3) is 0 Å². The Morgan fingerprint density at radius 2 is 1.70 bits per heavy atom. The van der Waals surface area contributed by atoms with Gasteiger partial charge in [0.15, 0.2) is 0 Å². The van der Waals surface area contributed by atoms with E-state index in [9.17, 15) is 8.42 Å². The largest absolute Gasteiger partial charge is 0.444 e. The van der Waals surface area contributed by atoms with Gasteiger partial charge in [-0.3, -0.25) is 4.55 Å². The molecule has 0 heterocycles. The summed E-state index contributed by atoms with van der Waals surface area (Å²) in [6.07, 6.45) is 10.9. The van der Waals surface area contributed by atoms with Crippen molar-refractivity contribution in [2.75, 3.05) is 25.6 Å². The van der Waals surface area contributed by atoms with Gasteiger partial charge in [0.1, 0.15) is 12.7 Å². The highest BCUT2D eigenvalue weighted by Crippen LogP contribution is 2.05. The van der Waals surface area contributed by atoms with Crippen molar-refractivity contribution in [3.05, 3.63) is 0 Å². The lowest BCUT2D eigenvalue weighted by atomic mass is 10.1. The molecule has 0 bridgehead atoms. The van der Waals surface area contributed by atoms with Gasteiger partial charge in [-0.05, 0) is 6.42 Å². The summed E-state index contributed by atoms with van der Waals surface area (Å²) in [6.45, 7) is 2.73. The van der Waals surface area contributed by atoms with Crippen molar-refractivity contribution < 1.29 is 22.4 Å². The van der Waals surface area contributed by atoms with Crippen LogP contribution in [-0.4, -0.2) is 38.5 Å². The van der Waals surface area contributed by atoms with Crippen molar-refractivity contribution in [3.8, 4) is 12.0 Å². The molecule has 0 aliphatic heterocycles. The smallest absolute Gasteiger partial charge is 0.267 e. The Morgan fingerprint density at radius 3 is 2.40 bits per heavy atom. The van der Waals surface area contributed by atoms with E-state index in [1.807, 2.05) is 0 Å². The van der Waals surface area contributed by atoms with Gasteiger partial charge in [-0.25, -0.2) is 0 Å². The van der Waals surface area contributed by atoms with Gasteiger partial charge in [0.2, 0.25) is 0 Å². The maximum atomic E-state index is 10.4. The first kappa shape index (κ1) is 19.2. The molecule has 6 heteroatoms. The van der Waals surface area contributed by atoms with Crippen LogP contribution in [0, 0.1) is 12.0 Å². The number of rotatable bonds is 12. The maximum absolute atomic E-state index is 10.4. The summed E-state index contributed by atoms with van der Waals surface area (Å²) in [5, 5.41) is 0. The van der Waals surface area contributed by atoms with Gasteiger partial charge >= 0.3 is 0 Å². The van der Waals surface area contributed by atoms with Crippen molar-refractivity contribution in [1.82, 2.24) is 0 Å². The van der Waals surface area contributed by atoms with E-state index in [0.29, 0.717) is 6.61 Å². The van der Waals surface area contributed by atoms with Crippen LogP contribution >= 0.6 is 0 Å². The minimum absolute atomic E-state index is 0.0343. The van der Waals surface area contributed by atoms with Crippen molar-refractivity contribution in [2.45, 2.75) is 51.9 Å². The molecule has 0 aromatic carbocycles. The predicted octanol–water partition coefficient (Wildman–Crippen LogP) is 2.62. The van der Waals surface area contributed by atoms with Crippen molar-refractivity contribution in [3.63, 3.8) is 0 Å². The van der Waals surface area contributed by atoms with Crippen molar-refractivity contribution in [1.29, 1.82) is 0 Å². The van der Waals surface area contributed by atoms with Gasteiger partial charge in [-0.15, -0.1) is 0 Å². The Balaban J connectivity index is 3.21. The van der Waals surface area contributed by atoms with Crippen molar-refractivity contribution >= 4 is 10.1 Å². The highest BCUT2D eigenvalue weighted by Gasteiger charge is 2.02. The fourth-order valence-corrected chi connectivity index (χ4v) is 1.84. The SMILES string of the molecule is CCCCCCCCC#COCCOCCS(=O)(=O)O. The maximum Gasteiger partial charge on any atom is 0.267 e. The molecule has 0 saturated heterocycles. The second kappa shape index (κ2) is 13.2. The van der Waals surface area contributed by atoms with E-state index >= 15 is 0 Å². The summed E-state index contributed by atoms with van der Waals surface area (Å²) < 4.78 is 39.2. The molecule has 5 nitrogen and oxygen atoms in total. The number of ether oxygens (including phenoxy) is 2. The van der Waals surface area contributed by atoms with Gasteiger partial charge in [-0.2, -0.15) is 8.42 Å². The molecular weight excluding hydrogens is 280 g/mol. The lowest BCUT2D eigenvalue weighted by Gasteiger charge is -2.01. The summed E-state index contributed by atoms with van der Waals surface area (Å²) >= 11 is 0. The molecule has 118 valence electrons. The van der Waals surface area contributed by atoms with Crippen LogP contribution in [0.15, 0.2) is 0 Å². The van der Waals surface area contributed by atoms with Crippen LogP contribution in [0.2, 0.25) is 0 Å². The van der Waals surface area contributed by atoms with E-state index in [-0.39, 0.29) is 13.2 Å². The molecule has 0 aliphatic carbocycles. The molecule has 0 spiro atoms. The predicted molar refractivity (Wildman–Crippen MR) is 79.0 cm³/mol. The van der Waals surface area contributed by atoms with Crippen LogP contribution < -0.4 is 0 Å². The Bertz CT molecular complexity index is 367. The summed E-state index contributed by atoms with van der Waals surface area (Å²) in [5.74, 6) is 2.54. The van der Waals surface area contributed by atoms with Crippen LogP contribution in [-0.2, 0) is 19.6 Å². The zero-order chi connectivity index (χ0) is 15.1. The highest BCUT2D eigenvalue weighted by atomic mass is 32.2. The van der Waals surface area contributed by atoms with Crippen LogP contribution in [0.3, 0.4) is 0 Å². The third kappa shape index (κ3) is 17.2. The molecule has 0 aromatic heterocycles. The topological polar surface area (TPSA) is 72.8 Å². The first-order valence-electron chi connectivity index (χ1n) is 7.19. The molecule has 0 atom stereocenters. The first-order valence-corrected chi connectivity index (χ1v) is 8.79. The molecule has 0 unspecified atom stereocenters. The van der Waals surface area contributed by atoms with Gasteiger partial charge in [0.05, 0.1) is 19.0 Å². The third-order valence-electron chi connectivity index (χ3n) is 2.62. The minimum Gasteiger partial charge on any atom is -0.444 e. The summed E-state index contributed by atoms with van der Waals surface area (Å²) in [6, 6.07) is 0. The molecule has 0 rings (SSSR count). The van der Waals surface area contributed by atoms with Gasteiger partial charge in [0.25, 0.3) is 10.1 Å². The highest BCUT2D eigenvalue weighted by molar-refractivity contribution is 7.85. The summed E-state index contributed by atoms with van der Waals surface area (Å²) in [4.78, 5) is 0. The average molecular weight is 306 g/mol. The fourth-order valence-electron chi connectivity index (χ4n) is 1.51.